The SMILES string of the molecule is CN=C(NCc1ccc(OC)c(OC(F)F)c1)N(C)Cc1cccn1C.I. The first kappa shape index (κ1) is 23.0. The summed E-state index contributed by atoms with van der Waals surface area (Å²) in [4.78, 5) is 6.25. The number of rotatable bonds is 7. The monoisotopic (exact) mass is 494 g/mol. The highest BCUT2D eigenvalue weighted by atomic mass is 127. The quantitative estimate of drug-likeness (QED) is 0.364. The van der Waals surface area contributed by atoms with Gasteiger partial charge in [0.1, 0.15) is 0 Å². The van der Waals surface area contributed by atoms with E-state index in [9.17, 15) is 8.78 Å². The van der Waals surface area contributed by atoms with Crippen molar-refractivity contribution in [1.29, 1.82) is 0 Å². The van der Waals surface area contributed by atoms with E-state index in [2.05, 4.69) is 15.0 Å². The molecule has 0 spiro atoms. The summed E-state index contributed by atoms with van der Waals surface area (Å²) in [6.07, 6.45) is 1.99. The highest BCUT2D eigenvalue weighted by Crippen LogP contribution is 2.29. The largest absolute Gasteiger partial charge is 0.493 e. The Hall–Kier alpha value is -2.04. The van der Waals surface area contributed by atoms with E-state index in [1.54, 1.807) is 19.2 Å². The van der Waals surface area contributed by atoms with Crippen LogP contribution in [0.2, 0.25) is 0 Å². The molecule has 0 unspecified atom stereocenters. The van der Waals surface area contributed by atoms with Crippen LogP contribution in [-0.4, -0.2) is 43.2 Å². The van der Waals surface area contributed by atoms with Crippen LogP contribution in [0.25, 0.3) is 0 Å². The first-order chi connectivity index (χ1) is 12.4. The van der Waals surface area contributed by atoms with Crippen molar-refractivity contribution in [2.45, 2.75) is 19.7 Å². The molecule has 0 saturated heterocycles. The number of benzene rings is 1. The molecular formula is C18H25F2IN4O2. The Bertz CT molecular complexity index is 753. The van der Waals surface area contributed by atoms with Gasteiger partial charge in [-0.25, -0.2) is 0 Å². The highest BCUT2D eigenvalue weighted by molar-refractivity contribution is 14.0. The molecule has 0 aliphatic heterocycles. The minimum atomic E-state index is -2.91. The van der Waals surface area contributed by atoms with Gasteiger partial charge >= 0.3 is 6.61 Å². The van der Waals surface area contributed by atoms with Gasteiger partial charge in [0.15, 0.2) is 17.5 Å². The molecule has 0 bridgehead atoms. The highest BCUT2D eigenvalue weighted by Gasteiger charge is 2.12. The second kappa shape index (κ2) is 11.0. The Morgan fingerprint density at radius 2 is 2.04 bits per heavy atom. The molecular weight excluding hydrogens is 469 g/mol. The van der Waals surface area contributed by atoms with Crippen LogP contribution in [0.1, 0.15) is 11.3 Å². The van der Waals surface area contributed by atoms with Crippen LogP contribution in [0.3, 0.4) is 0 Å². The zero-order valence-corrected chi connectivity index (χ0v) is 18.1. The fraction of sp³-hybridized carbons (Fsp3) is 0.389. The lowest BCUT2D eigenvalue weighted by atomic mass is 10.2. The topological polar surface area (TPSA) is 51.0 Å². The van der Waals surface area contributed by atoms with Gasteiger partial charge < -0.3 is 24.3 Å². The number of hydrogen-bond acceptors (Lipinski definition) is 3. The number of ether oxygens (including phenoxy) is 2. The molecule has 0 saturated carbocycles. The van der Waals surface area contributed by atoms with Gasteiger partial charge in [-0.3, -0.25) is 4.99 Å². The van der Waals surface area contributed by atoms with Crippen LogP contribution in [-0.2, 0) is 20.1 Å². The molecule has 2 aromatic rings. The maximum atomic E-state index is 12.5. The normalized spacial score (nSPS) is 11.1. The number of halogens is 3. The van der Waals surface area contributed by atoms with Gasteiger partial charge in [0, 0.05) is 39.6 Å². The van der Waals surface area contributed by atoms with Crippen LogP contribution in [0.4, 0.5) is 8.78 Å². The van der Waals surface area contributed by atoms with E-state index in [-0.39, 0.29) is 35.5 Å². The Kier molecular flexibility index (Phi) is 9.33. The van der Waals surface area contributed by atoms with Crippen molar-refractivity contribution < 1.29 is 18.3 Å². The van der Waals surface area contributed by atoms with Crippen LogP contribution in [0.15, 0.2) is 41.5 Å². The summed E-state index contributed by atoms with van der Waals surface area (Å²) in [6, 6.07) is 8.95. The van der Waals surface area contributed by atoms with Crippen molar-refractivity contribution in [3.8, 4) is 11.5 Å². The smallest absolute Gasteiger partial charge is 0.387 e. The predicted molar refractivity (Wildman–Crippen MR) is 112 cm³/mol. The number of guanidine groups is 1. The van der Waals surface area contributed by atoms with Gasteiger partial charge in [-0.05, 0) is 29.8 Å². The summed E-state index contributed by atoms with van der Waals surface area (Å²) in [5, 5.41) is 3.22. The van der Waals surface area contributed by atoms with Crippen molar-refractivity contribution in [3.63, 3.8) is 0 Å². The van der Waals surface area contributed by atoms with Crippen LogP contribution >= 0.6 is 24.0 Å². The number of hydrogen-bond donors (Lipinski definition) is 1. The molecule has 2 rings (SSSR count). The number of aliphatic imine (C=N–C) groups is 1. The third-order valence-corrected chi connectivity index (χ3v) is 3.92. The van der Waals surface area contributed by atoms with E-state index in [1.807, 2.05) is 41.9 Å². The summed E-state index contributed by atoms with van der Waals surface area (Å²) in [5.74, 6) is 0.964. The van der Waals surface area contributed by atoms with Crippen molar-refractivity contribution in [3.05, 3.63) is 47.8 Å². The first-order valence-corrected chi connectivity index (χ1v) is 8.08. The molecule has 0 aliphatic carbocycles. The molecule has 0 atom stereocenters. The van der Waals surface area contributed by atoms with Gasteiger partial charge in [0.2, 0.25) is 0 Å². The molecule has 6 nitrogen and oxygen atoms in total. The van der Waals surface area contributed by atoms with Crippen molar-refractivity contribution in [1.82, 2.24) is 14.8 Å². The Balaban J connectivity index is 0.00000364. The lowest BCUT2D eigenvalue weighted by Crippen LogP contribution is -2.38. The number of aryl methyl sites for hydroxylation is 1. The zero-order chi connectivity index (χ0) is 19.1. The number of methoxy groups -OCH3 is 1. The van der Waals surface area contributed by atoms with Crippen LogP contribution < -0.4 is 14.8 Å². The molecule has 1 aromatic carbocycles. The molecule has 0 fully saturated rings. The Morgan fingerprint density at radius 1 is 1.30 bits per heavy atom. The van der Waals surface area contributed by atoms with E-state index >= 15 is 0 Å². The molecule has 9 heteroatoms. The third kappa shape index (κ3) is 6.56. The van der Waals surface area contributed by atoms with Crippen molar-refractivity contribution in [2.75, 3.05) is 21.2 Å². The number of alkyl halides is 2. The number of nitrogens with one attached hydrogen (secondary N) is 1. The minimum Gasteiger partial charge on any atom is -0.493 e. The Morgan fingerprint density at radius 3 is 2.59 bits per heavy atom. The second-order valence-electron chi connectivity index (χ2n) is 5.73. The van der Waals surface area contributed by atoms with Gasteiger partial charge in [-0.1, -0.05) is 6.07 Å². The number of nitrogens with zero attached hydrogens (tertiary/aromatic N) is 3. The van der Waals surface area contributed by atoms with E-state index in [4.69, 9.17) is 4.74 Å². The zero-order valence-electron chi connectivity index (χ0n) is 15.8. The lowest BCUT2D eigenvalue weighted by Gasteiger charge is -2.22. The fourth-order valence-corrected chi connectivity index (χ4v) is 2.56. The van der Waals surface area contributed by atoms with E-state index in [0.717, 1.165) is 11.3 Å². The maximum absolute atomic E-state index is 12.5. The van der Waals surface area contributed by atoms with Gasteiger partial charge in [0.05, 0.1) is 13.7 Å². The average Bonchev–Trinajstić information content (AvgIpc) is 3.00. The van der Waals surface area contributed by atoms with Crippen LogP contribution in [0.5, 0.6) is 11.5 Å². The molecule has 1 N–H and O–H groups in total. The molecule has 27 heavy (non-hydrogen) atoms. The molecule has 150 valence electrons. The van der Waals surface area contributed by atoms with Crippen LogP contribution in [0, 0.1) is 0 Å². The van der Waals surface area contributed by atoms with Gasteiger partial charge in [-0.2, -0.15) is 8.78 Å². The fourth-order valence-electron chi connectivity index (χ4n) is 2.56. The lowest BCUT2D eigenvalue weighted by molar-refractivity contribution is -0.0512. The van der Waals surface area contributed by atoms with E-state index < -0.39 is 6.61 Å². The molecule has 1 heterocycles. The minimum absolute atomic E-state index is 0. The summed E-state index contributed by atoms with van der Waals surface area (Å²) in [7, 11) is 7.03. The summed E-state index contributed by atoms with van der Waals surface area (Å²) < 4.78 is 36.7. The first-order valence-electron chi connectivity index (χ1n) is 8.08. The molecule has 1 aromatic heterocycles. The molecule has 0 amide bonds. The predicted octanol–water partition coefficient (Wildman–Crippen LogP) is 3.46. The maximum Gasteiger partial charge on any atom is 0.387 e. The standard InChI is InChI=1S/C18H24F2N4O2.HI/c1-21-18(24(3)12-14-6-5-9-23(14)2)22-11-13-7-8-15(25-4)16(10-13)26-17(19)20;/h5-10,17H,11-12H2,1-4H3,(H,21,22);1H. The summed E-state index contributed by atoms with van der Waals surface area (Å²) in [6.45, 7) is -1.81. The van der Waals surface area contributed by atoms with E-state index in [0.29, 0.717) is 19.0 Å². The van der Waals surface area contributed by atoms with E-state index in [1.165, 1.54) is 13.2 Å². The van der Waals surface area contributed by atoms with Crippen molar-refractivity contribution >= 4 is 29.9 Å². The average molecular weight is 494 g/mol. The molecule has 0 radical (unpaired) electrons. The van der Waals surface area contributed by atoms with Gasteiger partial charge in [0.25, 0.3) is 0 Å². The second-order valence-corrected chi connectivity index (χ2v) is 5.73. The third-order valence-electron chi connectivity index (χ3n) is 3.92. The van der Waals surface area contributed by atoms with Gasteiger partial charge in [-0.15, -0.1) is 24.0 Å². The van der Waals surface area contributed by atoms with Crippen molar-refractivity contribution in [2.24, 2.45) is 12.0 Å². The summed E-state index contributed by atoms with van der Waals surface area (Å²) in [5.41, 5.74) is 1.92. The number of aromatic nitrogens is 1. The molecule has 0 aliphatic rings. The summed E-state index contributed by atoms with van der Waals surface area (Å²) >= 11 is 0. The Labute approximate surface area is 175 Å².